The fourth-order valence-corrected chi connectivity index (χ4v) is 4.51. The third-order valence-electron chi connectivity index (χ3n) is 6.71. The van der Waals surface area contributed by atoms with E-state index in [-0.39, 0.29) is 16.3 Å². The number of ether oxygens (including phenoxy) is 3. The lowest BCUT2D eigenvalue weighted by Gasteiger charge is -2.18. The van der Waals surface area contributed by atoms with E-state index >= 15 is 0 Å². The predicted octanol–water partition coefficient (Wildman–Crippen LogP) is 6.48. The molecular weight excluding hydrogens is 564 g/mol. The zero-order valence-corrected chi connectivity index (χ0v) is 25.6. The fourth-order valence-electron chi connectivity index (χ4n) is 4.51. The topological polar surface area (TPSA) is 120 Å². The Morgan fingerprint density at radius 1 is 0.523 bits per heavy atom. The van der Waals surface area contributed by atoms with Gasteiger partial charge in [-0.15, -0.1) is 0 Å². The van der Waals surface area contributed by atoms with Crippen LogP contribution in [-0.4, -0.2) is 55.1 Å². The van der Waals surface area contributed by atoms with Gasteiger partial charge in [0.25, 0.3) is 11.4 Å². The smallest absolute Gasteiger partial charge is 0.269 e. The van der Waals surface area contributed by atoms with E-state index in [1.807, 2.05) is 56.6 Å². The molecule has 0 aliphatic rings. The molecule has 4 aromatic rings. The number of benzene rings is 4. The summed E-state index contributed by atoms with van der Waals surface area (Å²) in [6.45, 7) is 2.98. The van der Waals surface area contributed by atoms with E-state index in [0.717, 1.165) is 42.1 Å². The lowest BCUT2D eigenvalue weighted by Crippen LogP contribution is -2.17. The van der Waals surface area contributed by atoms with E-state index in [4.69, 9.17) is 14.2 Å². The molecule has 11 heteroatoms. The van der Waals surface area contributed by atoms with Crippen molar-refractivity contribution in [3.8, 4) is 17.2 Å². The first-order chi connectivity index (χ1) is 21.1. The van der Waals surface area contributed by atoms with Crippen molar-refractivity contribution in [2.24, 2.45) is 0 Å². The molecule has 0 spiro atoms. The Hall–Kier alpha value is -5.00. The number of rotatable bonds is 13. The summed E-state index contributed by atoms with van der Waals surface area (Å²) in [5.74, 6) is 2.25. The molecule has 0 aliphatic carbocycles. The molecule has 0 radical (unpaired) electrons. The highest BCUT2D eigenvalue weighted by Crippen LogP contribution is 2.28. The number of methoxy groups -OCH3 is 3. The van der Waals surface area contributed by atoms with Gasteiger partial charge in [0.1, 0.15) is 5.75 Å². The van der Waals surface area contributed by atoms with Gasteiger partial charge < -0.3 is 14.2 Å². The van der Waals surface area contributed by atoms with Crippen LogP contribution in [0.3, 0.4) is 0 Å². The maximum Gasteiger partial charge on any atom is 0.269 e. The number of nitro groups is 2. The number of nitrogens with zero attached hydrogens (tertiary/aromatic N) is 4. The molecule has 4 rings (SSSR count). The van der Waals surface area contributed by atoms with Crippen LogP contribution in [0, 0.1) is 20.2 Å². The molecule has 0 fully saturated rings. The number of hydrogen-bond acceptors (Lipinski definition) is 9. The van der Waals surface area contributed by atoms with E-state index < -0.39 is 4.92 Å². The molecule has 0 bridgehead atoms. The third-order valence-corrected chi connectivity index (χ3v) is 6.71. The van der Waals surface area contributed by atoms with Crippen molar-refractivity contribution in [2.75, 3.05) is 35.4 Å². The van der Waals surface area contributed by atoms with Crippen LogP contribution in [0.2, 0.25) is 0 Å². The van der Waals surface area contributed by atoms with Crippen LogP contribution in [-0.2, 0) is 26.2 Å². The van der Waals surface area contributed by atoms with Crippen molar-refractivity contribution in [2.45, 2.75) is 26.2 Å². The fraction of sp³-hybridized carbons (Fsp3) is 0.273. The second-order valence-corrected chi connectivity index (χ2v) is 10.2. The average molecular weight is 603 g/mol. The van der Waals surface area contributed by atoms with Crippen LogP contribution >= 0.6 is 0 Å². The molecule has 0 atom stereocenters. The minimum atomic E-state index is -0.392. The number of hydrogen-bond donors (Lipinski definition) is 0. The Morgan fingerprint density at radius 2 is 0.886 bits per heavy atom. The molecule has 11 nitrogen and oxygen atoms in total. The molecule has 4 aromatic carbocycles. The van der Waals surface area contributed by atoms with Gasteiger partial charge in [0.15, 0.2) is 11.5 Å². The zero-order valence-electron chi connectivity index (χ0n) is 25.6. The summed E-state index contributed by atoms with van der Waals surface area (Å²) >= 11 is 0. The monoisotopic (exact) mass is 602 g/mol. The van der Waals surface area contributed by atoms with Crippen molar-refractivity contribution in [1.82, 2.24) is 9.80 Å². The van der Waals surface area contributed by atoms with Crippen LogP contribution in [0.1, 0.15) is 22.3 Å². The molecule has 0 unspecified atom stereocenters. The summed E-state index contributed by atoms with van der Waals surface area (Å²) in [5.41, 5.74) is 4.61. The van der Waals surface area contributed by atoms with Gasteiger partial charge in [-0.2, -0.15) is 0 Å². The highest BCUT2D eigenvalue weighted by atomic mass is 16.6. The highest BCUT2D eigenvalue weighted by molar-refractivity contribution is 5.43. The summed E-state index contributed by atoms with van der Waals surface area (Å²) < 4.78 is 15.7. The standard InChI is InChI=1S/C17H20N2O4.C16H18N2O3/c1-18(11-13-4-7-15(8-5-13)19(20)21)12-14-6-9-16(22-2)17(10-14)23-3;1-17(12-14-5-9-16(21-2)10-6-14)11-13-3-7-15(8-4-13)18(19)20/h4-10H,11-12H2,1-3H3;3-10H,11-12H2,1-2H3. The van der Waals surface area contributed by atoms with Gasteiger partial charge in [0.05, 0.1) is 31.2 Å². The van der Waals surface area contributed by atoms with Gasteiger partial charge >= 0.3 is 0 Å². The van der Waals surface area contributed by atoms with Gasteiger partial charge in [-0.3, -0.25) is 30.0 Å². The number of non-ortho nitro benzene ring substituents is 2. The quantitative estimate of drug-likeness (QED) is 0.125. The van der Waals surface area contributed by atoms with Crippen LogP contribution in [0.15, 0.2) is 91.0 Å². The van der Waals surface area contributed by atoms with Crippen molar-refractivity contribution in [1.29, 1.82) is 0 Å². The van der Waals surface area contributed by atoms with Crippen molar-refractivity contribution >= 4 is 11.4 Å². The predicted molar refractivity (Wildman–Crippen MR) is 169 cm³/mol. The Morgan fingerprint density at radius 3 is 1.25 bits per heavy atom. The van der Waals surface area contributed by atoms with Gasteiger partial charge in [-0.1, -0.05) is 42.5 Å². The molecule has 0 saturated heterocycles. The molecule has 232 valence electrons. The van der Waals surface area contributed by atoms with Crippen molar-refractivity contribution < 1.29 is 24.1 Å². The Bertz CT molecular complexity index is 1490. The molecular formula is C33H38N4O7. The van der Waals surface area contributed by atoms with Crippen LogP contribution in [0.25, 0.3) is 0 Å². The third kappa shape index (κ3) is 10.4. The lowest BCUT2D eigenvalue weighted by atomic mass is 10.1. The summed E-state index contributed by atoms with van der Waals surface area (Å²) in [6.07, 6.45) is 0. The summed E-state index contributed by atoms with van der Waals surface area (Å²) in [7, 11) is 8.89. The van der Waals surface area contributed by atoms with E-state index in [1.165, 1.54) is 29.8 Å². The first-order valence-electron chi connectivity index (χ1n) is 13.8. The van der Waals surface area contributed by atoms with E-state index in [2.05, 4.69) is 9.80 Å². The largest absolute Gasteiger partial charge is 0.497 e. The summed E-state index contributed by atoms with van der Waals surface area (Å²) in [4.78, 5) is 24.8. The average Bonchev–Trinajstić information content (AvgIpc) is 3.02. The maximum atomic E-state index is 10.7. The van der Waals surface area contributed by atoms with Crippen LogP contribution < -0.4 is 14.2 Å². The molecule has 0 aliphatic heterocycles. The molecule has 0 amide bonds. The SMILES string of the molecule is COc1ccc(CN(C)Cc2ccc([N+](=O)[O-])cc2)cc1.COc1ccc(CN(C)Cc2ccc([N+](=O)[O-])cc2)cc1OC. The Kier molecular flexibility index (Phi) is 12.6. The second-order valence-electron chi connectivity index (χ2n) is 10.2. The molecule has 0 saturated carbocycles. The van der Waals surface area contributed by atoms with E-state index in [9.17, 15) is 20.2 Å². The van der Waals surface area contributed by atoms with Crippen molar-refractivity contribution in [3.05, 3.63) is 133 Å². The molecule has 44 heavy (non-hydrogen) atoms. The summed E-state index contributed by atoms with van der Waals surface area (Å²) in [5, 5.41) is 21.3. The van der Waals surface area contributed by atoms with E-state index in [1.54, 1.807) is 45.6 Å². The maximum absolute atomic E-state index is 10.7. The molecule has 0 heterocycles. The van der Waals surface area contributed by atoms with Gasteiger partial charge in [-0.05, 0) is 60.6 Å². The summed E-state index contributed by atoms with van der Waals surface area (Å²) in [6, 6.07) is 27.1. The van der Waals surface area contributed by atoms with Gasteiger partial charge in [0.2, 0.25) is 0 Å². The molecule has 0 N–H and O–H groups in total. The first-order valence-corrected chi connectivity index (χ1v) is 13.8. The second kappa shape index (κ2) is 16.6. The lowest BCUT2D eigenvalue weighted by molar-refractivity contribution is -0.385. The number of nitro benzene ring substituents is 2. The van der Waals surface area contributed by atoms with Gasteiger partial charge in [-0.25, -0.2) is 0 Å². The van der Waals surface area contributed by atoms with Gasteiger partial charge in [0, 0.05) is 50.4 Å². The highest BCUT2D eigenvalue weighted by Gasteiger charge is 2.09. The van der Waals surface area contributed by atoms with Crippen molar-refractivity contribution in [3.63, 3.8) is 0 Å². The zero-order chi connectivity index (χ0) is 32.1. The van der Waals surface area contributed by atoms with Crippen LogP contribution in [0.5, 0.6) is 17.2 Å². The Labute approximate surface area is 257 Å². The Balaban J connectivity index is 0.000000241. The van der Waals surface area contributed by atoms with Crippen LogP contribution in [0.4, 0.5) is 11.4 Å². The minimum absolute atomic E-state index is 0.108. The molecule has 0 aromatic heterocycles. The minimum Gasteiger partial charge on any atom is -0.497 e. The first kappa shape index (κ1) is 33.5. The normalized spacial score (nSPS) is 10.6. The van der Waals surface area contributed by atoms with E-state index in [0.29, 0.717) is 18.0 Å².